The van der Waals surface area contributed by atoms with Crippen LogP contribution in [0.3, 0.4) is 0 Å². The number of carbonyl (C=O) groups excluding carboxylic acids is 1. The van der Waals surface area contributed by atoms with Crippen molar-refractivity contribution < 1.29 is 13.9 Å². The third kappa shape index (κ3) is 6.21. The van der Waals surface area contributed by atoms with Gasteiger partial charge in [0.1, 0.15) is 11.9 Å². The molecule has 0 radical (unpaired) electrons. The second-order valence-electron chi connectivity index (χ2n) is 6.57. The van der Waals surface area contributed by atoms with Crippen molar-refractivity contribution in [3.05, 3.63) is 30.1 Å². The van der Waals surface area contributed by atoms with E-state index in [0.717, 1.165) is 37.6 Å². The molecule has 2 aliphatic rings. The Balaban J connectivity index is 0.00000280. The van der Waals surface area contributed by atoms with E-state index in [0.29, 0.717) is 31.1 Å². The van der Waals surface area contributed by atoms with Crippen molar-refractivity contribution >= 4 is 47.6 Å². The second kappa shape index (κ2) is 11.8. The minimum atomic E-state index is -0.246. The van der Waals surface area contributed by atoms with E-state index in [-0.39, 0.29) is 41.8 Å². The minimum Gasteiger partial charge on any atom is -0.368 e. The summed E-state index contributed by atoms with van der Waals surface area (Å²) in [5, 5.41) is 3.33. The molecule has 1 aromatic carbocycles. The monoisotopic (exact) mass is 522 g/mol. The molecule has 2 heterocycles. The van der Waals surface area contributed by atoms with Crippen LogP contribution in [0.1, 0.15) is 12.8 Å². The number of thioether (sulfide) groups is 1. The summed E-state index contributed by atoms with van der Waals surface area (Å²) >= 11 is 1.49. The molecule has 0 aliphatic carbocycles. The third-order valence-electron chi connectivity index (χ3n) is 4.79. The molecule has 6 nitrogen and oxygen atoms in total. The van der Waals surface area contributed by atoms with Gasteiger partial charge in [-0.05, 0) is 25.0 Å². The smallest absolute Gasteiger partial charge is 0.251 e. The molecule has 1 amide bonds. The average molecular weight is 522 g/mol. The number of benzene rings is 1. The fourth-order valence-electron chi connectivity index (χ4n) is 3.33. The van der Waals surface area contributed by atoms with Gasteiger partial charge in [0, 0.05) is 57.0 Å². The van der Waals surface area contributed by atoms with Gasteiger partial charge in [-0.15, -0.1) is 35.7 Å². The van der Waals surface area contributed by atoms with Gasteiger partial charge in [-0.1, -0.05) is 12.1 Å². The zero-order valence-electron chi connectivity index (χ0n) is 16.1. The Labute approximate surface area is 187 Å². The van der Waals surface area contributed by atoms with Gasteiger partial charge in [-0.2, -0.15) is 0 Å². The van der Waals surface area contributed by atoms with Crippen LogP contribution in [0.4, 0.5) is 4.39 Å². The molecule has 1 atom stereocenters. The summed E-state index contributed by atoms with van der Waals surface area (Å²) < 4.78 is 19.1. The van der Waals surface area contributed by atoms with Gasteiger partial charge >= 0.3 is 0 Å². The Morgan fingerprint density at radius 1 is 1.29 bits per heavy atom. The van der Waals surface area contributed by atoms with Gasteiger partial charge in [0.25, 0.3) is 5.91 Å². The lowest BCUT2D eigenvalue weighted by atomic mass is 10.2. The molecule has 1 aromatic rings. The van der Waals surface area contributed by atoms with Crippen LogP contribution >= 0.6 is 35.7 Å². The Bertz CT molecular complexity index is 665. The first-order valence-corrected chi connectivity index (χ1v) is 10.4. The van der Waals surface area contributed by atoms with Crippen molar-refractivity contribution in [1.29, 1.82) is 0 Å². The van der Waals surface area contributed by atoms with Gasteiger partial charge in [0.05, 0.1) is 0 Å². The topological polar surface area (TPSA) is 57.2 Å². The summed E-state index contributed by atoms with van der Waals surface area (Å²) in [6.07, 6.45) is 1.56. The van der Waals surface area contributed by atoms with E-state index in [9.17, 15) is 9.18 Å². The van der Waals surface area contributed by atoms with Crippen molar-refractivity contribution in [1.82, 2.24) is 15.1 Å². The van der Waals surface area contributed by atoms with Gasteiger partial charge in [0.15, 0.2) is 5.96 Å². The van der Waals surface area contributed by atoms with E-state index in [1.165, 1.54) is 17.8 Å². The Kier molecular flexibility index (Phi) is 9.80. The SMILES string of the molecule is CN=C(NCCSc1ccccc1F)N1CCN(C(=O)C2CCCO2)CC1.I. The molecular weight excluding hydrogens is 494 g/mol. The zero-order valence-corrected chi connectivity index (χ0v) is 19.3. The molecule has 156 valence electrons. The number of guanidine groups is 1. The molecular formula is C19H28FIN4O2S. The summed E-state index contributed by atoms with van der Waals surface area (Å²) in [5.74, 6) is 1.51. The highest BCUT2D eigenvalue weighted by Crippen LogP contribution is 2.20. The fourth-order valence-corrected chi connectivity index (χ4v) is 4.14. The molecule has 2 aliphatic heterocycles. The van der Waals surface area contributed by atoms with Crippen LogP contribution in [0, 0.1) is 5.82 Å². The van der Waals surface area contributed by atoms with E-state index in [1.807, 2.05) is 11.0 Å². The van der Waals surface area contributed by atoms with Crippen molar-refractivity contribution in [3.8, 4) is 0 Å². The molecule has 9 heteroatoms. The maximum atomic E-state index is 13.6. The first-order valence-electron chi connectivity index (χ1n) is 9.42. The molecule has 1 N–H and O–H groups in total. The van der Waals surface area contributed by atoms with Gasteiger partial charge in [-0.25, -0.2) is 4.39 Å². The highest BCUT2D eigenvalue weighted by Gasteiger charge is 2.30. The molecule has 0 spiro atoms. The van der Waals surface area contributed by atoms with Crippen LogP contribution in [-0.4, -0.2) is 79.9 Å². The summed E-state index contributed by atoms with van der Waals surface area (Å²) in [5.41, 5.74) is 0. The standard InChI is InChI=1S/C19H27FN4O2S.HI/c1-21-19(22-8-14-27-17-7-3-2-5-15(17)20)24-11-9-23(10-12-24)18(25)16-6-4-13-26-16;/h2-3,5,7,16H,4,6,8-14H2,1H3,(H,21,22);1H. The Morgan fingerprint density at radius 3 is 2.64 bits per heavy atom. The van der Waals surface area contributed by atoms with Crippen LogP contribution in [0.15, 0.2) is 34.2 Å². The van der Waals surface area contributed by atoms with Crippen LogP contribution in [0.2, 0.25) is 0 Å². The normalized spacial score (nSPS) is 20.1. The van der Waals surface area contributed by atoms with E-state index in [2.05, 4.69) is 15.2 Å². The van der Waals surface area contributed by atoms with Crippen molar-refractivity contribution in [2.75, 3.05) is 52.1 Å². The summed E-state index contributed by atoms with van der Waals surface area (Å²) in [7, 11) is 1.76. The number of rotatable bonds is 5. The number of amides is 1. The third-order valence-corrected chi connectivity index (χ3v) is 5.84. The number of carbonyl (C=O) groups is 1. The second-order valence-corrected chi connectivity index (χ2v) is 7.70. The Hall–Kier alpha value is -1.07. The lowest BCUT2D eigenvalue weighted by Gasteiger charge is -2.37. The fraction of sp³-hybridized carbons (Fsp3) is 0.579. The quantitative estimate of drug-likeness (QED) is 0.212. The largest absolute Gasteiger partial charge is 0.368 e. The van der Waals surface area contributed by atoms with Crippen LogP contribution < -0.4 is 5.32 Å². The number of aliphatic imine (C=N–C) groups is 1. The van der Waals surface area contributed by atoms with E-state index >= 15 is 0 Å². The highest BCUT2D eigenvalue weighted by molar-refractivity contribution is 14.0. The predicted octanol–water partition coefficient (Wildman–Crippen LogP) is 2.43. The first kappa shape index (κ1) is 23.2. The summed E-state index contributed by atoms with van der Waals surface area (Å²) in [4.78, 5) is 21.5. The lowest BCUT2D eigenvalue weighted by molar-refractivity contribution is -0.142. The summed E-state index contributed by atoms with van der Waals surface area (Å²) in [6.45, 7) is 4.25. The van der Waals surface area contributed by atoms with Gasteiger partial charge < -0.3 is 19.9 Å². The Morgan fingerprint density at radius 2 is 2.00 bits per heavy atom. The molecule has 2 fully saturated rings. The number of ether oxygens (including phenoxy) is 1. The average Bonchev–Trinajstić information content (AvgIpc) is 3.24. The lowest BCUT2D eigenvalue weighted by Crippen LogP contribution is -2.55. The van der Waals surface area contributed by atoms with E-state index in [4.69, 9.17) is 4.74 Å². The van der Waals surface area contributed by atoms with Crippen molar-refractivity contribution in [2.24, 2.45) is 4.99 Å². The number of nitrogens with zero attached hydrogens (tertiary/aromatic N) is 3. The molecule has 0 saturated carbocycles. The van der Waals surface area contributed by atoms with Crippen LogP contribution in [-0.2, 0) is 9.53 Å². The van der Waals surface area contributed by atoms with E-state index in [1.54, 1.807) is 19.2 Å². The van der Waals surface area contributed by atoms with Gasteiger partial charge in [-0.3, -0.25) is 9.79 Å². The number of nitrogens with one attached hydrogen (secondary N) is 1. The van der Waals surface area contributed by atoms with Crippen LogP contribution in [0.25, 0.3) is 0 Å². The molecule has 28 heavy (non-hydrogen) atoms. The number of piperazine rings is 1. The van der Waals surface area contributed by atoms with Crippen LogP contribution in [0.5, 0.6) is 0 Å². The maximum Gasteiger partial charge on any atom is 0.251 e. The number of halogens is 2. The molecule has 2 saturated heterocycles. The highest BCUT2D eigenvalue weighted by atomic mass is 127. The predicted molar refractivity (Wildman–Crippen MR) is 121 cm³/mol. The first-order chi connectivity index (χ1) is 13.2. The minimum absolute atomic E-state index is 0. The molecule has 3 rings (SSSR count). The number of hydrogen-bond donors (Lipinski definition) is 1. The zero-order chi connectivity index (χ0) is 19.1. The van der Waals surface area contributed by atoms with E-state index < -0.39 is 0 Å². The van der Waals surface area contributed by atoms with Crippen molar-refractivity contribution in [2.45, 2.75) is 23.8 Å². The number of hydrogen-bond acceptors (Lipinski definition) is 4. The molecule has 0 aromatic heterocycles. The summed E-state index contributed by atoms with van der Waals surface area (Å²) in [6, 6.07) is 6.81. The van der Waals surface area contributed by atoms with Gasteiger partial charge in [0.2, 0.25) is 0 Å². The van der Waals surface area contributed by atoms with Crippen molar-refractivity contribution in [3.63, 3.8) is 0 Å². The molecule has 0 bridgehead atoms. The maximum absolute atomic E-state index is 13.6. The molecule has 1 unspecified atom stereocenters.